The minimum atomic E-state index is -0.498. The van der Waals surface area contributed by atoms with E-state index in [-0.39, 0.29) is 24.0 Å². The molecule has 7 nitrogen and oxygen atoms in total. The van der Waals surface area contributed by atoms with Crippen LogP contribution in [0.15, 0.2) is 48.5 Å². The molecule has 2 aromatic rings. The summed E-state index contributed by atoms with van der Waals surface area (Å²) in [5.41, 5.74) is 1.23. The van der Waals surface area contributed by atoms with Crippen LogP contribution in [0.3, 0.4) is 0 Å². The third-order valence-corrected chi connectivity index (χ3v) is 3.99. The Hall–Kier alpha value is -3.22. The zero-order valence-corrected chi connectivity index (χ0v) is 13.4. The molecule has 25 heavy (non-hydrogen) atoms. The molecule has 7 heteroatoms. The molecule has 0 atom stereocenters. The number of nitro groups is 1. The summed E-state index contributed by atoms with van der Waals surface area (Å²) in [6.07, 6.45) is 1.41. The molecule has 1 saturated heterocycles. The van der Waals surface area contributed by atoms with Crippen molar-refractivity contribution >= 4 is 23.1 Å². The molecule has 1 aliphatic rings. The minimum absolute atomic E-state index is 0.0364. The second-order valence-electron chi connectivity index (χ2n) is 5.66. The molecule has 0 bridgehead atoms. The summed E-state index contributed by atoms with van der Waals surface area (Å²) < 4.78 is 5.37. The zero-order chi connectivity index (χ0) is 17.8. The van der Waals surface area contributed by atoms with Gasteiger partial charge >= 0.3 is 0 Å². The van der Waals surface area contributed by atoms with Gasteiger partial charge in [-0.25, -0.2) is 0 Å². The lowest BCUT2D eigenvalue weighted by Gasteiger charge is -2.15. The standard InChI is InChI=1S/C18H16N2O5/c21-17(12-25-16-9-7-15(8-10-16)20(23)24)13-3-5-14(6-4-13)19-11-1-2-18(19)22/h3-10H,1-2,11-12H2. The molecule has 0 saturated carbocycles. The van der Waals surface area contributed by atoms with Gasteiger partial charge in [-0.1, -0.05) is 0 Å². The van der Waals surface area contributed by atoms with E-state index in [2.05, 4.69) is 0 Å². The molecule has 1 amide bonds. The summed E-state index contributed by atoms with van der Waals surface area (Å²) in [6, 6.07) is 12.4. The lowest BCUT2D eigenvalue weighted by atomic mass is 10.1. The minimum Gasteiger partial charge on any atom is -0.485 e. The summed E-state index contributed by atoms with van der Waals surface area (Å²) in [4.78, 5) is 35.7. The number of ketones is 1. The number of benzene rings is 2. The predicted molar refractivity (Wildman–Crippen MR) is 91.0 cm³/mol. The first-order chi connectivity index (χ1) is 12.0. The number of nitro benzene ring substituents is 1. The van der Waals surface area contributed by atoms with Crippen LogP contribution in [0.5, 0.6) is 5.75 Å². The number of hydrogen-bond donors (Lipinski definition) is 0. The Bertz CT molecular complexity index is 799. The van der Waals surface area contributed by atoms with Gasteiger partial charge in [-0.15, -0.1) is 0 Å². The Morgan fingerprint density at radius 3 is 2.36 bits per heavy atom. The Morgan fingerprint density at radius 2 is 1.80 bits per heavy atom. The number of carbonyl (C=O) groups is 2. The van der Waals surface area contributed by atoms with Gasteiger partial charge in [0.25, 0.3) is 5.69 Å². The molecular formula is C18H16N2O5. The van der Waals surface area contributed by atoms with E-state index in [1.54, 1.807) is 29.2 Å². The number of non-ortho nitro benzene ring substituents is 1. The first kappa shape index (κ1) is 16.6. The monoisotopic (exact) mass is 340 g/mol. The van der Waals surface area contributed by atoms with Crippen molar-refractivity contribution in [2.75, 3.05) is 18.1 Å². The number of carbonyl (C=O) groups excluding carboxylic acids is 2. The summed E-state index contributed by atoms with van der Waals surface area (Å²) in [5.74, 6) is 0.275. The average molecular weight is 340 g/mol. The molecule has 3 rings (SSSR count). The molecule has 128 valence electrons. The number of nitrogens with zero attached hydrogens (tertiary/aromatic N) is 2. The van der Waals surface area contributed by atoms with Crippen molar-refractivity contribution in [3.63, 3.8) is 0 Å². The normalized spacial score (nSPS) is 13.8. The van der Waals surface area contributed by atoms with Gasteiger partial charge in [-0.3, -0.25) is 19.7 Å². The zero-order valence-electron chi connectivity index (χ0n) is 13.4. The summed E-state index contributed by atoms with van der Waals surface area (Å²) in [6.45, 7) is 0.537. The molecule has 0 spiro atoms. The molecule has 1 aliphatic heterocycles. The van der Waals surface area contributed by atoms with Crippen LogP contribution in [0.1, 0.15) is 23.2 Å². The molecule has 0 aliphatic carbocycles. The molecule has 1 fully saturated rings. The van der Waals surface area contributed by atoms with Crippen molar-refractivity contribution in [1.82, 2.24) is 0 Å². The van der Waals surface area contributed by atoms with E-state index in [1.165, 1.54) is 24.3 Å². The molecule has 0 unspecified atom stereocenters. The third kappa shape index (κ3) is 3.82. The largest absolute Gasteiger partial charge is 0.485 e. The number of hydrogen-bond acceptors (Lipinski definition) is 5. The summed E-state index contributed by atoms with van der Waals surface area (Å²) in [7, 11) is 0. The van der Waals surface area contributed by atoms with Crippen LogP contribution in [-0.2, 0) is 4.79 Å². The van der Waals surface area contributed by atoms with Gasteiger partial charge in [0.2, 0.25) is 5.91 Å². The fourth-order valence-corrected chi connectivity index (χ4v) is 2.64. The number of rotatable bonds is 6. The predicted octanol–water partition coefficient (Wildman–Crippen LogP) is 2.98. The fraction of sp³-hybridized carbons (Fsp3) is 0.222. The highest BCUT2D eigenvalue weighted by Gasteiger charge is 2.21. The van der Waals surface area contributed by atoms with Gasteiger partial charge in [0.1, 0.15) is 5.75 Å². The fourth-order valence-electron chi connectivity index (χ4n) is 2.64. The van der Waals surface area contributed by atoms with E-state index in [1.807, 2.05) is 0 Å². The van der Waals surface area contributed by atoms with E-state index in [9.17, 15) is 19.7 Å². The molecule has 2 aromatic carbocycles. The van der Waals surface area contributed by atoms with Crippen LogP contribution in [0.2, 0.25) is 0 Å². The van der Waals surface area contributed by atoms with E-state index >= 15 is 0 Å². The van der Waals surface area contributed by atoms with Gasteiger partial charge in [-0.2, -0.15) is 0 Å². The number of ether oxygens (including phenoxy) is 1. The highest BCUT2D eigenvalue weighted by atomic mass is 16.6. The van der Waals surface area contributed by atoms with Crippen molar-refractivity contribution in [3.05, 3.63) is 64.2 Å². The van der Waals surface area contributed by atoms with Crippen molar-refractivity contribution in [3.8, 4) is 5.75 Å². The van der Waals surface area contributed by atoms with Crippen LogP contribution in [0, 0.1) is 10.1 Å². The second kappa shape index (κ2) is 7.12. The Kier molecular flexibility index (Phi) is 4.74. The third-order valence-electron chi connectivity index (χ3n) is 3.99. The first-order valence-corrected chi connectivity index (χ1v) is 7.85. The average Bonchev–Trinajstić information content (AvgIpc) is 3.06. The lowest BCUT2D eigenvalue weighted by molar-refractivity contribution is -0.384. The maximum atomic E-state index is 12.2. The maximum absolute atomic E-state index is 12.2. The number of anilines is 1. The molecular weight excluding hydrogens is 324 g/mol. The maximum Gasteiger partial charge on any atom is 0.269 e. The molecule has 0 radical (unpaired) electrons. The van der Waals surface area contributed by atoms with E-state index in [0.29, 0.717) is 24.3 Å². The van der Waals surface area contributed by atoms with Crippen molar-refractivity contribution in [2.24, 2.45) is 0 Å². The van der Waals surface area contributed by atoms with Gasteiger partial charge in [0, 0.05) is 36.3 Å². The summed E-state index contributed by atoms with van der Waals surface area (Å²) >= 11 is 0. The first-order valence-electron chi connectivity index (χ1n) is 7.85. The van der Waals surface area contributed by atoms with E-state index < -0.39 is 4.92 Å². The smallest absolute Gasteiger partial charge is 0.269 e. The SMILES string of the molecule is O=C(COc1ccc([N+](=O)[O-])cc1)c1ccc(N2CCCC2=O)cc1. The van der Waals surface area contributed by atoms with E-state index in [0.717, 1.165) is 12.1 Å². The second-order valence-corrected chi connectivity index (χ2v) is 5.66. The molecule has 0 N–H and O–H groups in total. The highest BCUT2D eigenvalue weighted by molar-refractivity contribution is 5.99. The van der Waals surface area contributed by atoms with Crippen LogP contribution in [0.25, 0.3) is 0 Å². The highest BCUT2D eigenvalue weighted by Crippen LogP contribution is 2.22. The van der Waals surface area contributed by atoms with Crippen molar-refractivity contribution in [1.29, 1.82) is 0 Å². The van der Waals surface area contributed by atoms with E-state index in [4.69, 9.17) is 4.74 Å². The quantitative estimate of drug-likeness (QED) is 0.458. The topological polar surface area (TPSA) is 89.8 Å². The van der Waals surface area contributed by atoms with Gasteiger partial charge in [0.15, 0.2) is 12.4 Å². The van der Waals surface area contributed by atoms with Crippen LogP contribution in [0.4, 0.5) is 11.4 Å². The van der Waals surface area contributed by atoms with Gasteiger partial charge < -0.3 is 9.64 Å². The van der Waals surface area contributed by atoms with Gasteiger partial charge in [0.05, 0.1) is 4.92 Å². The van der Waals surface area contributed by atoms with Crippen LogP contribution >= 0.6 is 0 Å². The Balaban J connectivity index is 1.59. The Labute approximate surface area is 144 Å². The number of Topliss-reactive ketones (excluding diaryl/α,β-unsaturated/α-hetero) is 1. The molecule has 1 heterocycles. The molecule has 0 aromatic heterocycles. The lowest BCUT2D eigenvalue weighted by Crippen LogP contribution is -2.23. The van der Waals surface area contributed by atoms with Crippen molar-refractivity contribution < 1.29 is 19.2 Å². The summed E-state index contributed by atoms with van der Waals surface area (Å²) in [5, 5.41) is 10.6. The van der Waals surface area contributed by atoms with Gasteiger partial charge in [-0.05, 0) is 42.8 Å². The van der Waals surface area contributed by atoms with Crippen LogP contribution in [-0.4, -0.2) is 29.8 Å². The van der Waals surface area contributed by atoms with Crippen LogP contribution < -0.4 is 9.64 Å². The Morgan fingerprint density at radius 1 is 1.12 bits per heavy atom. The van der Waals surface area contributed by atoms with Crippen molar-refractivity contribution in [2.45, 2.75) is 12.8 Å². The number of amides is 1.